The average Bonchev–Trinajstić information content (AvgIpc) is 2.94. The van der Waals surface area contributed by atoms with Crippen molar-refractivity contribution in [3.63, 3.8) is 0 Å². The molecule has 0 amide bonds. The SMILES string of the molecule is C[C@]12CCCCC1CCC1C2CC[C@]23CCCC[C@H]2CCC13. The molecule has 5 aliphatic rings. The summed E-state index contributed by atoms with van der Waals surface area (Å²) >= 11 is 0. The summed E-state index contributed by atoms with van der Waals surface area (Å²) in [5.41, 5.74) is 1.59. The van der Waals surface area contributed by atoms with Crippen LogP contribution in [0.2, 0.25) is 0 Å². The second-order valence-corrected chi connectivity index (χ2v) is 10.2. The van der Waals surface area contributed by atoms with Crippen molar-refractivity contribution in [2.24, 2.45) is 40.4 Å². The van der Waals surface area contributed by atoms with Crippen LogP contribution < -0.4 is 0 Å². The summed E-state index contributed by atoms with van der Waals surface area (Å²) in [7, 11) is 0. The van der Waals surface area contributed by atoms with Gasteiger partial charge in [0.2, 0.25) is 0 Å². The molecule has 5 rings (SSSR count). The minimum Gasteiger partial charge on any atom is -0.0591 e. The molecule has 5 aliphatic carbocycles. The lowest BCUT2D eigenvalue weighted by Gasteiger charge is -2.61. The maximum absolute atomic E-state index is 2.74. The second kappa shape index (κ2) is 5.00. The lowest BCUT2D eigenvalue weighted by molar-refractivity contribution is -0.123. The third kappa shape index (κ3) is 1.76. The van der Waals surface area contributed by atoms with E-state index in [1.54, 1.807) is 77.0 Å². The van der Waals surface area contributed by atoms with Gasteiger partial charge in [-0.15, -0.1) is 0 Å². The van der Waals surface area contributed by atoms with Gasteiger partial charge in [-0.05, 0) is 105 Å². The molecule has 0 aliphatic heterocycles. The van der Waals surface area contributed by atoms with E-state index >= 15 is 0 Å². The fourth-order valence-corrected chi connectivity index (χ4v) is 9.01. The van der Waals surface area contributed by atoms with Gasteiger partial charge in [-0.25, -0.2) is 0 Å². The van der Waals surface area contributed by atoms with Crippen LogP contribution in [0.3, 0.4) is 0 Å². The van der Waals surface area contributed by atoms with Gasteiger partial charge in [0.25, 0.3) is 0 Å². The van der Waals surface area contributed by atoms with Crippen LogP contribution in [0, 0.1) is 40.4 Å². The Balaban J connectivity index is 1.47. The zero-order valence-electron chi connectivity index (χ0n) is 14.8. The first kappa shape index (κ1) is 14.4. The van der Waals surface area contributed by atoms with Crippen molar-refractivity contribution in [1.82, 2.24) is 0 Å². The molecule has 0 aromatic heterocycles. The summed E-state index contributed by atoms with van der Waals surface area (Å²) in [6.07, 6.45) is 22.2. The van der Waals surface area contributed by atoms with E-state index in [9.17, 15) is 0 Å². The first-order valence-corrected chi connectivity index (χ1v) is 10.7. The zero-order chi connectivity index (χ0) is 14.8. The van der Waals surface area contributed by atoms with E-state index in [4.69, 9.17) is 0 Å². The molecule has 0 N–H and O–H groups in total. The largest absolute Gasteiger partial charge is 0.0591 e. The number of hydrogen-bond acceptors (Lipinski definition) is 0. The van der Waals surface area contributed by atoms with Crippen LogP contribution in [-0.2, 0) is 0 Å². The highest BCUT2D eigenvalue weighted by Crippen LogP contribution is 2.70. The Bertz CT molecular complexity index is 435. The van der Waals surface area contributed by atoms with Gasteiger partial charge in [0, 0.05) is 0 Å². The van der Waals surface area contributed by atoms with Crippen LogP contribution in [0.5, 0.6) is 0 Å². The molecule has 0 heteroatoms. The molecule has 0 heterocycles. The van der Waals surface area contributed by atoms with Crippen LogP contribution >= 0.6 is 0 Å². The van der Waals surface area contributed by atoms with Gasteiger partial charge in [0.05, 0.1) is 0 Å². The van der Waals surface area contributed by atoms with Crippen LogP contribution in [0.4, 0.5) is 0 Å². The molecule has 5 saturated carbocycles. The van der Waals surface area contributed by atoms with E-state index in [0.717, 1.165) is 40.4 Å². The fourth-order valence-electron chi connectivity index (χ4n) is 9.01. The lowest BCUT2D eigenvalue weighted by Crippen LogP contribution is -2.53. The molecule has 1 spiro atoms. The molecule has 7 atom stereocenters. The summed E-state index contributed by atoms with van der Waals surface area (Å²) in [4.78, 5) is 0. The Hall–Kier alpha value is 0. The highest BCUT2D eigenvalue weighted by Gasteiger charge is 2.61. The average molecular weight is 301 g/mol. The van der Waals surface area contributed by atoms with Crippen LogP contribution in [0.1, 0.15) is 96.8 Å². The van der Waals surface area contributed by atoms with Crippen molar-refractivity contribution in [3.05, 3.63) is 0 Å². The van der Waals surface area contributed by atoms with E-state index in [1.807, 2.05) is 0 Å². The minimum absolute atomic E-state index is 0.746. The summed E-state index contributed by atoms with van der Waals surface area (Å²) < 4.78 is 0. The second-order valence-electron chi connectivity index (χ2n) is 10.2. The van der Waals surface area contributed by atoms with Gasteiger partial charge in [-0.2, -0.15) is 0 Å². The molecule has 0 nitrogen and oxygen atoms in total. The highest BCUT2D eigenvalue weighted by atomic mass is 14.7. The van der Waals surface area contributed by atoms with Gasteiger partial charge in [-0.1, -0.05) is 32.6 Å². The highest BCUT2D eigenvalue weighted by molar-refractivity contribution is 5.10. The van der Waals surface area contributed by atoms with E-state index in [-0.39, 0.29) is 0 Å². The van der Waals surface area contributed by atoms with Crippen molar-refractivity contribution in [2.45, 2.75) is 96.8 Å². The Morgan fingerprint density at radius 3 is 2.27 bits per heavy atom. The van der Waals surface area contributed by atoms with E-state index < -0.39 is 0 Å². The minimum atomic E-state index is 0.746. The normalized spacial score (nSPS) is 57.4. The maximum atomic E-state index is 2.74. The molecule has 0 aromatic carbocycles. The Kier molecular flexibility index (Phi) is 3.26. The molecule has 5 fully saturated rings. The standard InChI is InChI=1S/C22H36/c1-21-13-4-2-6-16(21)8-10-18-19(21)12-15-22-14-5-3-7-17(22)9-11-20(18)22/h16-20H,2-15H2,1H3/t16?,17-,18?,19?,20?,21-,22+/m0/s1. The van der Waals surface area contributed by atoms with Crippen molar-refractivity contribution >= 4 is 0 Å². The van der Waals surface area contributed by atoms with Gasteiger partial charge < -0.3 is 0 Å². The molecule has 0 radical (unpaired) electrons. The molecule has 4 unspecified atom stereocenters. The van der Waals surface area contributed by atoms with Crippen LogP contribution in [-0.4, -0.2) is 0 Å². The van der Waals surface area contributed by atoms with Crippen LogP contribution in [0.25, 0.3) is 0 Å². The molecule has 22 heavy (non-hydrogen) atoms. The zero-order valence-corrected chi connectivity index (χ0v) is 14.8. The van der Waals surface area contributed by atoms with Crippen molar-refractivity contribution in [2.75, 3.05) is 0 Å². The van der Waals surface area contributed by atoms with E-state index in [2.05, 4.69) is 6.92 Å². The maximum Gasteiger partial charge on any atom is -0.0238 e. The fraction of sp³-hybridized carbons (Fsp3) is 1.00. The van der Waals surface area contributed by atoms with Gasteiger partial charge in [0.15, 0.2) is 0 Å². The first-order valence-electron chi connectivity index (χ1n) is 10.7. The lowest BCUT2D eigenvalue weighted by atomic mass is 9.43. The number of hydrogen-bond donors (Lipinski definition) is 0. The Morgan fingerprint density at radius 2 is 1.36 bits per heavy atom. The number of rotatable bonds is 0. The van der Waals surface area contributed by atoms with Crippen molar-refractivity contribution in [3.8, 4) is 0 Å². The summed E-state index contributed by atoms with van der Waals surface area (Å²) in [6.45, 7) is 2.74. The monoisotopic (exact) mass is 300 g/mol. The third-order valence-corrected chi connectivity index (χ3v) is 9.92. The first-order chi connectivity index (χ1) is 10.7. The topological polar surface area (TPSA) is 0 Å². The number of fused-ring (bicyclic) bond motifs is 4. The molecule has 0 bridgehead atoms. The van der Waals surface area contributed by atoms with Gasteiger partial charge >= 0.3 is 0 Å². The molecule has 124 valence electrons. The Morgan fingerprint density at radius 1 is 0.591 bits per heavy atom. The Labute approximate surface area is 137 Å². The molecule has 0 saturated heterocycles. The molecular weight excluding hydrogens is 264 g/mol. The van der Waals surface area contributed by atoms with E-state index in [1.165, 1.54) is 12.8 Å². The van der Waals surface area contributed by atoms with Crippen molar-refractivity contribution < 1.29 is 0 Å². The van der Waals surface area contributed by atoms with Gasteiger partial charge in [-0.3, -0.25) is 0 Å². The quantitative estimate of drug-likeness (QED) is 0.473. The predicted octanol–water partition coefficient (Wildman–Crippen LogP) is 6.59. The predicted molar refractivity (Wildman–Crippen MR) is 92.6 cm³/mol. The molecule has 0 aromatic rings. The summed E-state index contributed by atoms with van der Waals surface area (Å²) in [5, 5.41) is 0. The van der Waals surface area contributed by atoms with Crippen LogP contribution in [0.15, 0.2) is 0 Å². The third-order valence-electron chi connectivity index (χ3n) is 9.92. The summed E-state index contributed by atoms with van der Waals surface area (Å²) in [5.74, 6) is 5.64. The molecular formula is C22H36. The van der Waals surface area contributed by atoms with Crippen molar-refractivity contribution in [1.29, 1.82) is 0 Å². The van der Waals surface area contributed by atoms with Gasteiger partial charge in [0.1, 0.15) is 0 Å². The van der Waals surface area contributed by atoms with E-state index in [0.29, 0.717) is 0 Å². The summed E-state index contributed by atoms with van der Waals surface area (Å²) in [6, 6.07) is 0. The smallest absolute Gasteiger partial charge is 0.0238 e.